The number of likely N-dealkylation sites (N-methyl/N-ethyl adjacent to an activating group) is 1. The van der Waals surface area contributed by atoms with Gasteiger partial charge >= 0.3 is 0 Å². The fraction of sp³-hybridized carbons (Fsp3) is 0.250. The number of fused-ring (bicyclic) bond motifs is 1. The Morgan fingerprint density at radius 3 is 2.55 bits per heavy atom. The van der Waals surface area contributed by atoms with Gasteiger partial charge in [0, 0.05) is 55.6 Å². The second kappa shape index (κ2) is 8.00. The maximum atomic E-state index is 14.6. The van der Waals surface area contributed by atoms with Gasteiger partial charge < -0.3 is 15.1 Å². The van der Waals surface area contributed by atoms with Crippen molar-refractivity contribution < 1.29 is 4.39 Å². The van der Waals surface area contributed by atoms with Gasteiger partial charge in [-0.3, -0.25) is 10.1 Å². The van der Waals surface area contributed by atoms with Crippen LogP contribution in [0.15, 0.2) is 54.7 Å². The fourth-order valence-corrected chi connectivity index (χ4v) is 4.16. The van der Waals surface area contributed by atoms with E-state index in [1.165, 1.54) is 11.8 Å². The second-order valence-corrected chi connectivity index (χ2v) is 7.94. The summed E-state index contributed by atoms with van der Waals surface area (Å²) in [5.41, 5.74) is 5.65. The highest BCUT2D eigenvalue weighted by atomic mass is 19.1. The van der Waals surface area contributed by atoms with Gasteiger partial charge in [0.25, 0.3) is 0 Å². The molecule has 1 aliphatic heterocycles. The molecular formula is C24H25FN6. The normalized spacial score (nSPS) is 14.9. The van der Waals surface area contributed by atoms with Crippen molar-refractivity contribution in [3.05, 3.63) is 60.5 Å². The molecule has 7 heteroatoms. The van der Waals surface area contributed by atoms with Crippen LogP contribution in [0.2, 0.25) is 0 Å². The average molecular weight is 417 g/mol. The third-order valence-corrected chi connectivity index (χ3v) is 6.00. The summed E-state index contributed by atoms with van der Waals surface area (Å²) >= 11 is 0. The lowest BCUT2D eigenvalue weighted by molar-refractivity contribution is 0.313. The van der Waals surface area contributed by atoms with E-state index in [0.29, 0.717) is 16.9 Å². The number of piperazine rings is 1. The monoisotopic (exact) mass is 416 g/mol. The van der Waals surface area contributed by atoms with Crippen LogP contribution in [-0.4, -0.2) is 60.4 Å². The van der Waals surface area contributed by atoms with Crippen molar-refractivity contribution in [2.24, 2.45) is 0 Å². The molecular weight excluding hydrogens is 391 g/mol. The zero-order valence-electron chi connectivity index (χ0n) is 17.7. The summed E-state index contributed by atoms with van der Waals surface area (Å²) in [6.45, 7) is 4.22. The van der Waals surface area contributed by atoms with E-state index >= 15 is 0 Å². The number of nitrogens with zero attached hydrogens (tertiary/aromatic N) is 4. The zero-order valence-corrected chi connectivity index (χ0v) is 17.7. The summed E-state index contributed by atoms with van der Waals surface area (Å²) in [4.78, 5) is 9.23. The average Bonchev–Trinajstić information content (AvgIpc) is 3.23. The molecule has 4 aromatic rings. The molecule has 31 heavy (non-hydrogen) atoms. The number of benzene rings is 2. The van der Waals surface area contributed by atoms with Crippen LogP contribution in [0.1, 0.15) is 0 Å². The first-order chi connectivity index (χ1) is 15.1. The van der Waals surface area contributed by atoms with Crippen molar-refractivity contribution in [3.63, 3.8) is 0 Å². The van der Waals surface area contributed by atoms with Gasteiger partial charge in [-0.05, 0) is 37.4 Å². The number of aromatic nitrogens is 3. The van der Waals surface area contributed by atoms with E-state index in [-0.39, 0.29) is 5.82 Å². The Hall–Kier alpha value is -3.45. The molecule has 0 radical (unpaired) electrons. The van der Waals surface area contributed by atoms with Gasteiger partial charge in [0.15, 0.2) is 0 Å². The molecule has 1 aliphatic rings. The summed E-state index contributed by atoms with van der Waals surface area (Å²) < 4.78 is 14.6. The van der Waals surface area contributed by atoms with Gasteiger partial charge in [0.05, 0.1) is 23.0 Å². The highest BCUT2D eigenvalue weighted by molar-refractivity contribution is 5.95. The topological polar surface area (TPSA) is 60.1 Å². The van der Waals surface area contributed by atoms with Crippen molar-refractivity contribution in [2.75, 3.05) is 50.5 Å². The third-order valence-electron chi connectivity index (χ3n) is 6.00. The summed E-state index contributed by atoms with van der Waals surface area (Å²) in [6.07, 6.45) is 1.71. The molecule has 158 valence electrons. The molecule has 0 bridgehead atoms. The van der Waals surface area contributed by atoms with Gasteiger partial charge in [-0.2, -0.15) is 5.10 Å². The van der Waals surface area contributed by atoms with E-state index in [1.807, 2.05) is 12.1 Å². The van der Waals surface area contributed by atoms with E-state index in [9.17, 15) is 4.39 Å². The van der Waals surface area contributed by atoms with Crippen LogP contribution in [0.5, 0.6) is 0 Å². The molecule has 1 saturated heterocycles. The van der Waals surface area contributed by atoms with Gasteiger partial charge in [-0.1, -0.05) is 18.2 Å². The highest BCUT2D eigenvalue weighted by Gasteiger charge is 2.17. The largest absolute Gasteiger partial charge is 0.387 e. The van der Waals surface area contributed by atoms with Crippen molar-refractivity contribution in [1.82, 2.24) is 20.1 Å². The van der Waals surface area contributed by atoms with Crippen molar-refractivity contribution in [1.29, 1.82) is 0 Å². The quantitative estimate of drug-likeness (QED) is 0.522. The minimum Gasteiger partial charge on any atom is -0.387 e. The summed E-state index contributed by atoms with van der Waals surface area (Å²) in [6, 6.07) is 15.4. The molecule has 2 N–H and O–H groups in total. The Morgan fingerprint density at radius 2 is 1.81 bits per heavy atom. The molecule has 0 aliphatic carbocycles. The number of H-pyrrole nitrogens is 1. The van der Waals surface area contributed by atoms with E-state index in [1.54, 1.807) is 19.3 Å². The first-order valence-corrected chi connectivity index (χ1v) is 10.5. The predicted molar refractivity (Wildman–Crippen MR) is 124 cm³/mol. The number of aromatic amines is 1. The Bertz CT molecular complexity index is 1210. The highest BCUT2D eigenvalue weighted by Crippen LogP contribution is 2.34. The SMILES string of the molecule is CNc1cccc(F)c1-c1cc2c(-c3ccc(N4CCN(C)CC4)cc3)n[nH]c2cn1. The first kappa shape index (κ1) is 19.5. The van der Waals surface area contributed by atoms with Gasteiger partial charge in [-0.15, -0.1) is 0 Å². The standard InChI is InChI=1S/C24H25FN6/c1-26-20-5-3-4-19(25)23(20)21-14-18-22(15-27-21)28-29-24(18)16-6-8-17(9-7-16)31-12-10-30(2)11-13-31/h3-9,14-15,26H,10-13H2,1-2H3,(H,28,29). The number of hydrogen-bond donors (Lipinski definition) is 2. The minimum absolute atomic E-state index is 0.305. The van der Waals surface area contributed by atoms with Crippen LogP contribution in [0.25, 0.3) is 33.4 Å². The molecule has 5 rings (SSSR count). The number of nitrogens with one attached hydrogen (secondary N) is 2. The molecule has 0 saturated carbocycles. The van der Waals surface area contributed by atoms with E-state index in [0.717, 1.165) is 48.3 Å². The Kier molecular flexibility index (Phi) is 5.03. The number of hydrogen-bond acceptors (Lipinski definition) is 5. The van der Waals surface area contributed by atoms with Crippen LogP contribution in [0.3, 0.4) is 0 Å². The maximum absolute atomic E-state index is 14.6. The van der Waals surface area contributed by atoms with Crippen molar-refractivity contribution in [2.45, 2.75) is 0 Å². The van der Waals surface area contributed by atoms with Crippen LogP contribution in [0.4, 0.5) is 15.8 Å². The summed E-state index contributed by atoms with van der Waals surface area (Å²) in [5, 5.41) is 11.5. The predicted octanol–water partition coefficient (Wildman–Crippen LogP) is 4.22. The summed E-state index contributed by atoms with van der Waals surface area (Å²) in [7, 11) is 3.94. The molecule has 0 atom stereocenters. The molecule has 3 heterocycles. The lowest BCUT2D eigenvalue weighted by Crippen LogP contribution is -2.44. The third kappa shape index (κ3) is 3.61. The minimum atomic E-state index is -0.305. The molecule has 2 aromatic carbocycles. The first-order valence-electron chi connectivity index (χ1n) is 10.5. The van der Waals surface area contributed by atoms with Crippen LogP contribution >= 0.6 is 0 Å². The number of halogens is 1. The number of rotatable bonds is 4. The van der Waals surface area contributed by atoms with E-state index in [4.69, 9.17) is 0 Å². The Balaban J connectivity index is 1.51. The molecule has 2 aromatic heterocycles. The second-order valence-electron chi connectivity index (χ2n) is 7.94. The molecule has 0 amide bonds. The van der Waals surface area contributed by atoms with Gasteiger partial charge in [0.2, 0.25) is 0 Å². The zero-order chi connectivity index (χ0) is 21.4. The van der Waals surface area contributed by atoms with Crippen molar-refractivity contribution in [3.8, 4) is 22.5 Å². The lowest BCUT2D eigenvalue weighted by Gasteiger charge is -2.34. The van der Waals surface area contributed by atoms with Gasteiger partial charge in [0.1, 0.15) is 11.5 Å². The Labute approximate surface area is 180 Å². The van der Waals surface area contributed by atoms with Crippen LogP contribution < -0.4 is 10.2 Å². The number of pyridine rings is 1. The van der Waals surface area contributed by atoms with E-state index in [2.05, 4.69) is 61.6 Å². The van der Waals surface area contributed by atoms with Crippen LogP contribution in [-0.2, 0) is 0 Å². The molecule has 0 unspecified atom stereocenters. The molecule has 6 nitrogen and oxygen atoms in total. The summed E-state index contributed by atoms with van der Waals surface area (Å²) in [5.74, 6) is -0.305. The molecule has 0 spiro atoms. The lowest BCUT2D eigenvalue weighted by atomic mass is 10.0. The fourth-order valence-electron chi connectivity index (χ4n) is 4.16. The maximum Gasteiger partial charge on any atom is 0.134 e. The number of anilines is 2. The Morgan fingerprint density at radius 1 is 1.03 bits per heavy atom. The van der Waals surface area contributed by atoms with E-state index < -0.39 is 0 Å². The van der Waals surface area contributed by atoms with Crippen molar-refractivity contribution >= 4 is 22.3 Å². The smallest absolute Gasteiger partial charge is 0.134 e. The molecule has 1 fully saturated rings. The van der Waals surface area contributed by atoms with Gasteiger partial charge in [-0.25, -0.2) is 4.39 Å². The van der Waals surface area contributed by atoms with Crippen LogP contribution in [0, 0.1) is 5.82 Å².